The van der Waals surface area contributed by atoms with Crippen LogP contribution >= 0.6 is 11.6 Å². The SMILES string of the molecule is Cn1cnc(Cc2nc(Cl)nc3c2cnn3C)c1. The van der Waals surface area contributed by atoms with Crippen molar-refractivity contribution in [3.05, 3.63) is 35.4 Å². The first-order chi connectivity index (χ1) is 8.63. The van der Waals surface area contributed by atoms with E-state index in [1.165, 1.54) is 0 Å². The molecule has 0 aromatic carbocycles. The van der Waals surface area contributed by atoms with Gasteiger partial charge in [0.2, 0.25) is 5.28 Å². The molecule has 0 bridgehead atoms. The molecule has 3 rings (SSSR count). The Morgan fingerprint density at radius 1 is 1.28 bits per heavy atom. The van der Waals surface area contributed by atoms with Crippen LogP contribution in [0.3, 0.4) is 0 Å². The third-order valence-corrected chi connectivity index (χ3v) is 2.92. The normalized spacial score (nSPS) is 11.3. The van der Waals surface area contributed by atoms with Gasteiger partial charge in [-0.2, -0.15) is 10.1 Å². The molecule has 3 aromatic rings. The molecule has 0 aliphatic carbocycles. The van der Waals surface area contributed by atoms with Crippen molar-refractivity contribution in [3.63, 3.8) is 0 Å². The van der Waals surface area contributed by atoms with E-state index in [0.29, 0.717) is 6.42 Å². The van der Waals surface area contributed by atoms with E-state index < -0.39 is 0 Å². The van der Waals surface area contributed by atoms with Gasteiger partial charge in [0.1, 0.15) is 0 Å². The lowest BCUT2D eigenvalue weighted by Crippen LogP contribution is -1.98. The number of fused-ring (bicyclic) bond motifs is 1. The Bertz CT molecular complexity index is 713. The summed E-state index contributed by atoms with van der Waals surface area (Å²) in [5.74, 6) is 0. The fourth-order valence-electron chi connectivity index (χ4n) is 1.92. The van der Waals surface area contributed by atoms with Gasteiger partial charge in [0.05, 0.1) is 29.3 Å². The average molecular weight is 263 g/mol. The number of aryl methyl sites for hydroxylation is 2. The van der Waals surface area contributed by atoms with Crippen molar-refractivity contribution >= 4 is 22.6 Å². The number of aromatic nitrogens is 6. The maximum Gasteiger partial charge on any atom is 0.224 e. The van der Waals surface area contributed by atoms with E-state index in [0.717, 1.165) is 22.4 Å². The number of imidazole rings is 1. The van der Waals surface area contributed by atoms with Gasteiger partial charge in [0.25, 0.3) is 0 Å². The van der Waals surface area contributed by atoms with Crippen molar-refractivity contribution in [1.29, 1.82) is 0 Å². The maximum atomic E-state index is 5.94. The largest absolute Gasteiger partial charge is 0.340 e. The summed E-state index contributed by atoms with van der Waals surface area (Å²) in [4.78, 5) is 12.7. The van der Waals surface area contributed by atoms with Gasteiger partial charge < -0.3 is 4.57 Å². The molecule has 0 spiro atoms. The fourth-order valence-corrected chi connectivity index (χ4v) is 2.10. The Balaban J connectivity index is 2.10. The van der Waals surface area contributed by atoms with Gasteiger partial charge in [-0.1, -0.05) is 0 Å². The third kappa shape index (κ3) is 1.84. The molecule has 92 valence electrons. The van der Waals surface area contributed by atoms with E-state index in [1.54, 1.807) is 17.2 Å². The van der Waals surface area contributed by atoms with E-state index in [9.17, 15) is 0 Å². The van der Waals surface area contributed by atoms with Gasteiger partial charge in [0.15, 0.2) is 5.65 Å². The van der Waals surface area contributed by atoms with E-state index in [1.807, 2.05) is 24.9 Å². The molecular formula is C11H11ClN6. The van der Waals surface area contributed by atoms with Crippen LogP contribution in [0, 0.1) is 0 Å². The first kappa shape index (κ1) is 11.2. The van der Waals surface area contributed by atoms with Crippen LogP contribution in [0.15, 0.2) is 18.7 Å². The summed E-state index contributed by atoms with van der Waals surface area (Å²) in [6.07, 6.45) is 6.09. The zero-order chi connectivity index (χ0) is 12.7. The highest BCUT2D eigenvalue weighted by Gasteiger charge is 2.12. The molecule has 18 heavy (non-hydrogen) atoms. The molecule has 6 nitrogen and oxygen atoms in total. The Morgan fingerprint density at radius 2 is 2.11 bits per heavy atom. The first-order valence-corrected chi connectivity index (χ1v) is 5.82. The van der Waals surface area contributed by atoms with Crippen LogP contribution in [-0.2, 0) is 20.5 Å². The monoisotopic (exact) mass is 262 g/mol. The quantitative estimate of drug-likeness (QED) is 0.654. The fraction of sp³-hybridized carbons (Fsp3) is 0.273. The zero-order valence-corrected chi connectivity index (χ0v) is 10.8. The van der Waals surface area contributed by atoms with E-state index >= 15 is 0 Å². The van der Waals surface area contributed by atoms with Crippen molar-refractivity contribution in [2.24, 2.45) is 14.1 Å². The lowest BCUT2D eigenvalue weighted by atomic mass is 10.2. The molecule has 0 saturated carbocycles. The topological polar surface area (TPSA) is 61.4 Å². The lowest BCUT2D eigenvalue weighted by molar-refractivity contribution is 0.785. The van der Waals surface area contributed by atoms with Gasteiger partial charge in [-0.3, -0.25) is 4.68 Å². The third-order valence-electron chi connectivity index (χ3n) is 2.75. The molecule has 3 heterocycles. The second-order valence-corrected chi connectivity index (χ2v) is 4.49. The summed E-state index contributed by atoms with van der Waals surface area (Å²) < 4.78 is 3.59. The number of hydrogen-bond acceptors (Lipinski definition) is 4. The van der Waals surface area contributed by atoms with Gasteiger partial charge in [-0.05, 0) is 11.6 Å². The second-order valence-electron chi connectivity index (χ2n) is 4.15. The Hall–Kier alpha value is -1.95. The van der Waals surface area contributed by atoms with Crippen molar-refractivity contribution in [3.8, 4) is 0 Å². The van der Waals surface area contributed by atoms with Gasteiger partial charge >= 0.3 is 0 Å². The molecule has 0 atom stereocenters. The highest BCUT2D eigenvalue weighted by atomic mass is 35.5. The smallest absolute Gasteiger partial charge is 0.224 e. The molecule has 0 fully saturated rings. The van der Waals surface area contributed by atoms with E-state index in [2.05, 4.69) is 20.1 Å². The molecular weight excluding hydrogens is 252 g/mol. The van der Waals surface area contributed by atoms with Crippen molar-refractivity contribution in [1.82, 2.24) is 29.3 Å². The number of halogens is 1. The van der Waals surface area contributed by atoms with Gasteiger partial charge in [-0.25, -0.2) is 9.97 Å². The minimum absolute atomic E-state index is 0.233. The highest BCUT2D eigenvalue weighted by Crippen LogP contribution is 2.19. The maximum absolute atomic E-state index is 5.94. The standard InChI is InChI=1S/C11H11ClN6/c1-17-5-7(13-6-17)3-9-8-4-14-18(2)10(8)16-11(12)15-9/h4-6H,3H2,1-2H3. The molecule has 0 aliphatic heterocycles. The van der Waals surface area contributed by atoms with Crippen LogP contribution in [0.25, 0.3) is 11.0 Å². The molecule has 0 aliphatic rings. The van der Waals surface area contributed by atoms with Crippen LogP contribution in [0.5, 0.6) is 0 Å². The van der Waals surface area contributed by atoms with E-state index in [-0.39, 0.29) is 5.28 Å². The highest BCUT2D eigenvalue weighted by molar-refractivity contribution is 6.28. The lowest BCUT2D eigenvalue weighted by Gasteiger charge is -2.01. The average Bonchev–Trinajstić information content (AvgIpc) is 2.87. The molecule has 0 N–H and O–H groups in total. The minimum atomic E-state index is 0.233. The van der Waals surface area contributed by atoms with Crippen LogP contribution in [0.1, 0.15) is 11.4 Å². The van der Waals surface area contributed by atoms with E-state index in [4.69, 9.17) is 11.6 Å². The zero-order valence-electron chi connectivity index (χ0n) is 10.0. The Morgan fingerprint density at radius 3 is 2.83 bits per heavy atom. The summed E-state index contributed by atoms with van der Waals surface area (Å²) in [7, 11) is 3.76. The van der Waals surface area contributed by atoms with Crippen LogP contribution in [0.2, 0.25) is 5.28 Å². The minimum Gasteiger partial charge on any atom is -0.340 e. The number of nitrogens with zero attached hydrogens (tertiary/aromatic N) is 6. The summed E-state index contributed by atoms with van der Waals surface area (Å²) in [6, 6.07) is 0. The predicted molar refractivity (Wildman–Crippen MR) is 67.3 cm³/mol. The van der Waals surface area contributed by atoms with Gasteiger partial charge in [0, 0.05) is 26.7 Å². The van der Waals surface area contributed by atoms with Crippen LogP contribution in [-0.4, -0.2) is 29.3 Å². The van der Waals surface area contributed by atoms with Crippen LogP contribution < -0.4 is 0 Å². The molecule has 7 heteroatoms. The molecule has 3 aromatic heterocycles. The second kappa shape index (κ2) is 4.06. The van der Waals surface area contributed by atoms with Crippen LogP contribution in [0.4, 0.5) is 0 Å². The summed E-state index contributed by atoms with van der Waals surface area (Å²) in [5.41, 5.74) is 2.52. The molecule has 0 unspecified atom stereocenters. The summed E-state index contributed by atoms with van der Waals surface area (Å²) in [6.45, 7) is 0. The molecule has 0 saturated heterocycles. The van der Waals surface area contributed by atoms with Crippen molar-refractivity contribution in [2.75, 3.05) is 0 Å². The first-order valence-electron chi connectivity index (χ1n) is 5.44. The Kier molecular flexibility index (Phi) is 2.52. The van der Waals surface area contributed by atoms with Crippen molar-refractivity contribution in [2.45, 2.75) is 6.42 Å². The predicted octanol–water partition coefficient (Wildman–Crippen LogP) is 1.34. The summed E-state index contributed by atoms with van der Waals surface area (Å²) >= 11 is 5.94. The van der Waals surface area contributed by atoms with Gasteiger partial charge in [-0.15, -0.1) is 0 Å². The van der Waals surface area contributed by atoms with Crippen molar-refractivity contribution < 1.29 is 0 Å². The Labute approximate surface area is 108 Å². The number of rotatable bonds is 2. The molecule has 0 radical (unpaired) electrons. The molecule has 0 amide bonds. The summed E-state index contributed by atoms with van der Waals surface area (Å²) in [5, 5.41) is 5.32. The number of hydrogen-bond donors (Lipinski definition) is 0.